The van der Waals surface area contributed by atoms with Crippen molar-refractivity contribution in [1.29, 1.82) is 0 Å². The molecule has 1 aliphatic rings. The molecule has 1 fully saturated rings. The van der Waals surface area contributed by atoms with Gasteiger partial charge in [-0.25, -0.2) is 0 Å². The fourth-order valence-corrected chi connectivity index (χ4v) is 2.54. The standard InChI is InChI=1S/C14H23N3O/c1-10-4-3-5-11(7-6-10)16-13-9-8-12(15)14(17-13)18-2/h8-11H,3-7,15H2,1-2H3,(H,16,17). The summed E-state index contributed by atoms with van der Waals surface area (Å²) in [5, 5.41) is 3.50. The second-order valence-corrected chi connectivity index (χ2v) is 5.25. The lowest BCUT2D eigenvalue weighted by Crippen LogP contribution is -2.19. The molecule has 0 aromatic carbocycles. The molecular weight excluding hydrogens is 226 g/mol. The van der Waals surface area contributed by atoms with Crippen LogP contribution in [0.2, 0.25) is 0 Å². The number of hydrogen-bond donors (Lipinski definition) is 2. The normalized spacial score (nSPS) is 24.3. The number of pyridine rings is 1. The topological polar surface area (TPSA) is 60.2 Å². The third kappa shape index (κ3) is 3.28. The molecular formula is C14H23N3O. The number of anilines is 2. The average Bonchev–Trinajstić information content (AvgIpc) is 2.57. The fourth-order valence-electron chi connectivity index (χ4n) is 2.54. The Labute approximate surface area is 109 Å². The summed E-state index contributed by atoms with van der Waals surface area (Å²) in [5.74, 6) is 2.22. The summed E-state index contributed by atoms with van der Waals surface area (Å²) in [5.41, 5.74) is 6.34. The number of nitrogen functional groups attached to an aromatic ring is 1. The number of rotatable bonds is 3. The molecule has 3 N–H and O–H groups in total. The van der Waals surface area contributed by atoms with Crippen molar-refractivity contribution in [3.05, 3.63) is 12.1 Å². The highest BCUT2D eigenvalue weighted by atomic mass is 16.5. The van der Waals surface area contributed by atoms with Gasteiger partial charge >= 0.3 is 0 Å². The lowest BCUT2D eigenvalue weighted by Gasteiger charge is -2.17. The van der Waals surface area contributed by atoms with Crippen LogP contribution in [0.15, 0.2) is 12.1 Å². The maximum atomic E-state index is 5.76. The van der Waals surface area contributed by atoms with Gasteiger partial charge in [-0.1, -0.05) is 19.8 Å². The molecule has 1 aromatic rings. The molecule has 0 radical (unpaired) electrons. The number of methoxy groups -OCH3 is 1. The van der Waals surface area contributed by atoms with Crippen molar-refractivity contribution >= 4 is 11.5 Å². The Kier molecular flexibility index (Phi) is 4.28. The highest BCUT2D eigenvalue weighted by Crippen LogP contribution is 2.26. The van der Waals surface area contributed by atoms with Crippen LogP contribution < -0.4 is 15.8 Å². The molecule has 1 aromatic heterocycles. The van der Waals surface area contributed by atoms with E-state index in [0.29, 0.717) is 17.6 Å². The molecule has 0 aliphatic heterocycles. The van der Waals surface area contributed by atoms with Gasteiger partial charge in [0, 0.05) is 6.04 Å². The van der Waals surface area contributed by atoms with Crippen LogP contribution >= 0.6 is 0 Å². The molecule has 0 saturated heterocycles. The van der Waals surface area contributed by atoms with E-state index in [1.54, 1.807) is 7.11 Å². The lowest BCUT2D eigenvalue weighted by molar-refractivity contribution is 0.400. The Hall–Kier alpha value is -1.45. The van der Waals surface area contributed by atoms with Gasteiger partial charge in [-0.05, 0) is 37.3 Å². The van der Waals surface area contributed by atoms with Gasteiger partial charge in [-0.15, -0.1) is 0 Å². The maximum absolute atomic E-state index is 5.76. The number of hydrogen-bond acceptors (Lipinski definition) is 4. The summed E-state index contributed by atoms with van der Waals surface area (Å²) in [6, 6.07) is 4.29. The molecule has 4 nitrogen and oxygen atoms in total. The quantitative estimate of drug-likeness (QED) is 0.808. The smallest absolute Gasteiger partial charge is 0.238 e. The second-order valence-electron chi connectivity index (χ2n) is 5.25. The van der Waals surface area contributed by atoms with Crippen molar-refractivity contribution in [3.63, 3.8) is 0 Å². The summed E-state index contributed by atoms with van der Waals surface area (Å²) in [6.07, 6.45) is 6.37. The molecule has 1 aliphatic carbocycles. The first-order valence-electron chi connectivity index (χ1n) is 6.76. The van der Waals surface area contributed by atoms with Gasteiger partial charge < -0.3 is 15.8 Å². The number of aromatic nitrogens is 1. The van der Waals surface area contributed by atoms with Gasteiger partial charge in [0.2, 0.25) is 5.88 Å². The summed E-state index contributed by atoms with van der Waals surface area (Å²) in [4.78, 5) is 4.38. The van der Waals surface area contributed by atoms with E-state index in [2.05, 4.69) is 17.2 Å². The monoisotopic (exact) mass is 249 g/mol. The fraction of sp³-hybridized carbons (Fsp3) is 0.643. The molecule has 2 rings (SSSR count). The summed E-state index contributed by atoms with van der Waals surface area (Å²) >= 11 is 0. The Balaban J connectivity index is 2.00. The van der Waals surface area contributed by atoms with E-state index in [1.807, 2.05) is 12.1 Å². The van der Waals surface area contributed by atoms with Gasteiger partial charge in [0.15, 0.2) is 0 Å². The second kappa shape index (κ2) is 5.94. The lowest BCUT2D eigenvalue weighted by atomic mass is 10.0. The van der Waals surface area contributed by atoms with Crippen LogP contribution in [-0.2, 0) is 0 Å². The molecule has 0 spiro atoms. The van der Waals surface area contributed by atoms with E-state index < -0.39 is 0 Å². The van der Waals surface area contributed by atoms with Crippen LogP contribution in [0.1, 0.15) is 39.0 Å². The summed E-state index contributed by atoms with van der Waals surface area (Å²) in [6.45, 7) is 2.34. The van der Waals surface area contributed by atoms with Crippen molar-refractivity contribution in [3.8, 4) is 5.88 Å². The van der Waals surface area contributed by atoms with E-state index in [0.717, 1.165) is 11.7 Å². The number of ether oxygens (including phenoxy) is 1. The minimum atomic E-state index is 0.502. The van der Waals surface area contributed by atoms with Gasteiger partial charge in [0.05, 0.1) is 12.8 Å². The van der Waals surface area contributed by atoms with Gasteiger partial charge in [0.25, 0.3) is 0 Å². The molecule has 100 valence electrons. The van der Waals surface area contributed by atoms with Crippen LogP contribution in [0.25, 0.3) is 0 Å². The Morgan fingerprint density at radius 2 is 2.11 bits per heavy atom. The van der Waals surface area contributed by atoms with Crippen molar-refractivity contribution < 1.29 is 4.74 Å². The summed E-state index contributed by atoms with van der Waals surface area (Å²) < 4.78 is 5.14. The zero-order valence-electron chi connectivity index (χ0n) is 11.3. The van der Waals surface area contributed by atoms with Crippen molar-refractivity contribution in [2.45, 2.75) is 45.1 Å². The SMILES string of the molecule is COc1nc(NC2CCCC(C)CC2)ccc1N. The van der Waals surface area contributed by atoms with Crippen molar-refractivity contribution in [2.24, 2.45) is 5.92 Å². The van der Waals surface area contributed by atoms with E-state index in [4.69, 9.17) is 10.5 Å². The third-order valence-electron chi connectivity index (χ3n) is 3.69. The largest absolute Gasteiger partial charge is 0.479 e. The molecule has 0 amide bonds. The molecule has 2 atom stereocenters. The van der Waals surface area contributed by atoms with Crippen molar-refractivity contribution in [1.82, 2.24) is 4.98 Å². The third-order valence-corrected chi connectivity index (χ3v) is 3.69. The van der Waals surface area contributed by atoms with Crippen LogP contribution in [-0.4, -0.2) is 18.1 Å². The molecule has 4 heteroatoms. The molecule has 2 unspecified atom stereocenters. The van der Waals surface area contributed by atoms with Crippen LogP contribution in [0.5, 0.6) is 5.88 Å². The van der Waals surface area contributed by atoms with Crippen LogP contribution in [0.3, 0.4) is 0 Å². The van der Waals surface area contributed by atoms with E-state index in [-0.39, 0.29) is 0 Å². The first-order valence-corrected chi connectivity index (χ1v) is 6.76. The van der Waals surface area contributed by atoms with E-state index >= 15 is 0 Å². The average molecular weight is 249 g/mol. The Bertz CT molecular complexity index is 395. The Morgan fingerprint density at radius 1 is 1.28 bits per heavy atom. The highest BCUT2D eigenvalue weighted by molar-refractivity contribution is 5.53. The molecule has 0 bridgehead atoms. The maximum Gasteiger partial charge on any atom is 0.238 e. The summed E-state index contributed by atoms with van der Waals surface area (Å²) in [7, 11) is 1.59. The van der Waals surface area contributed by atoms with E-state index in [9.17, 15) is 0 Å². The Morgan fingerprint density at radius 3 is 2.89 bits per heavy atom. The molecule has 1 saturated carbocycles. The first kappa shape index (κ1) is 13.0. The number of nitrogens with zero attached hydrogens (tertiary/aromatic N) is 1. The zero-order valence-corrected chi connectivity index (χ0v) is 11.3. The van der Waals surface area contributed by atoms with Gasteiger partial charge in [-0.3, -0.25) is 0 Å². The predicted octanol–water partition coefficient (Wildman–Crippen LogP) is 3.05. The van der Waals surface area contributed by atoms with Crippen molar-refractivity contribution in [2.75, 3.05) is 18.2 Å². The van der Waals surface area contributed by atoms with Crippen LogP contribution in [0, 0.1) is 5.92 Å². The molecule has 1 heterocycles. The highest BCUT2D eigenvalue weighted by Gasteiger charge is 2.16. The van der Waals surface area contributed by atoms with Crippen LogP contribution in [0.4, 0.5) is 11.5 Å². The van der Waals surface area contributed by atoms with Gasteiger partial charge in [-0.2, -0.15) is 4.98 Å². The minimum Gasteiger partial charge on any atom is -0.479 e. The minimum absolute atomic E-state index is 0.502. The predicted molar refractivity (Wildman–Crippen MR) is 74.9 cm³/mol. The van der Waals surface area contributed by atoms with Gasteiger partial charge in [0.1, 0.15) is 5.82 Å². The first-order chi connectivity index (χ1) is 8.69. The molecule has 18 heavy (non-hydrogen) atoms. The zero-order chi connectivity index (χ0) is 13.0. The number of nitrogens with two attached hydrogens (primary N) is 1. The van der Waals surface area contributed by atoms with E-state index in [1.165, 1.54) is 32.1 Å². The number of nitrogens with one attached hydrogen (secondary N) is 1.